The van der Waals surface area contributed by atoms with Gasteiger partial charge in [0.15, 0.2) is 5.12 Å². The second-order valence-electron chi connectivity index (χ2n) is 19.1. The van der Waals surface area contributed by atoms with Crippen molar-refractivity contribution in [2.75, 3.05) is 25.5 Å². The minimum atomic E-state index is -2.84. The van der Waals surface area contributed by atoms with Crippen LogP contribution in [0.2, 0.25) is 6.04 Å². The predicted octanol–water partition coefficient (Wildman–Crippen LogP) is 18.2. The van der Waals surface area contributed by atoms with E-state index in [9.17, 15) is 4.79 Å². The Labute approximate surface area is 382 Å². The summed E-state index contributed by atoms with van der Waals surface area (Å²) in [5.41, 5.74) is 3.38. The van der Waals surface area contributed by atoms with E-state index in [-0.39, 0.29) is 0 Å². The quantitative estimate of drug-likeness (QED) is 0.0485. The molecule has 1 aliphatic heterocycles. The molecular formula is C53H107NO4SSi. The van der Waals surface area contributed by atoms with Gasteiger partial charge < -0.3 is 8.85 Å². The van der Waals surface area contributed by atoms with Crippen LogP contribution >= 0.6 is 11.8 Å². The van der Waals surface area contributed by atoms with Gasteiger partial charge in [0.05, 0.1) is 0 Å². The lowest BCUT2D eigenvalue weighted by atomic mass is 9.97. The van der Waals surface area contributed by atoms with E-state index in [0.717, 1.165) is 63.7 Å². The van der Waals surface area contributed by atoms with E-state index < -0.39 is 8.80 Å². The molecule has 0 bridgehead atoms. The number of hydroxylamine groups is 1. The fraction of sp³-hybridized carbons (Fsp3) is 0.981. The zero-order valence-electron chi connectivity index (χ0n) is 41.1. The predicted molar refractivity (Wildman–Crippen MR) is 268 cm³/mol. The van der Waals surface area contributed by atoms with Gasteiger partial charge in [-0.1, -0.05) is 270 Å². The van der Waals surface area contributed by atoms with Gasteiger partial charge in [-0.3, -0.25) is 9.32 Å². The number of unbranched alkanes of at least 4 members (excludes halogenated alkanes) is 36. The van der Waals surface area contributed by atoms with Crippen molar-refractivity contribution in [1.82, 2.24) is 5.48 Å². The summed E-state index contributed by atoms with van der Waals surface area (Å²) >= 11 is 1.52. The van der Waals surface area contributed by atoms with Crippen LogP contribution in [0.15, 0.2) is 0 Å². The summed E-state index contributed by atoms with van der Waals surface area (Å²) in [6.45, 7) is 9.24. The molecule has 0 saturated carbocycles. The first-order valence-electron chi connectivity index (χ1n) is 27.5. The Morgan fingerprint density at radius 2 is 0.900 bits per heavy atom. The summed E-state index contributed by atoms with van der Waals surface area (Å²) in [4.78, 5) is 12.7. The van der Waals surface area contributed by atoms with Gasteiger partial charge in [-0.25, -0.2) is 5.48 Å². The molecule has 0 amide bonds. The molecule has 0 aromatic rings. The fourth-order valence-electron chi connectivity index (χ4n) is 8.93. The number of nitrogens with one attached hydrogen (secondary N) is 1. The number of hydrogen-bond acceptors (Lipinski definition) is 6. The molecule has 1 fully saturated rings. The van der Waals surface area contributed by atoms with Crippen LogP contribution in [-0.2, 0) is 18.2 Å². The van der Waals surface area contributed by atoms with E-state index in [2.05, 4.69) is 26.3 Å². The topological polar surface area (TPSA) is 56.8 Å². The molecule has 60 heavy (non-hydrogen) atoms. The minimum Gasteiger partial charge on any atom is -0.373 e. The summed E-state index contributed by atoms with van der Waals surface area (Å²) in [6, 6.07) is 0.793. The summed E-state index contributed by atoms with van der Waals surface area (Å²) in [7, 11) is -2.84. The number of hydrogen-bond donors (Lipinski definition) is 1. The maximum absolute atomic E-state index is 12.7. The molecule has 1 saturated heterocycles. The summed E-state index contributed by atoms with van der Waals surface area (Å²) in [5.74, 6) is 1.44. The minimum absolute atomic E-state index is 0.357. The lowest BCUT2D eigenvalue weighted by molar-refractivity contribution is -0.111. The molecule has 0 radical (unpaired) electrons. The second-order valence-corrected chi connectivity index (χ2v) is 22.9. The Balaban J connectivity index is 2.29. The van der Waals surface area contributed by atoms with Gasteiger partial charge in [-0.2, -0.15) is 0 Å². The summed E-state index contributed by atoms with van der Waals surface area (Å²) < 4.78 is 19.7. The van der Waals surface area contributed by atoms with Crippen molar-refractivity contribution in [1.29, 1.82) is 0 Å². The number of rotatable bonds is 47. The first-order valence-corrected chi connectivity index (χ1v) is 30.4. The molecule has 0 aromatic carbocycles. The number of thioether (sulfide) groups is 1. The van der Waals surface area contributed by atoms with Crippen LogP contribution in [0.4, 0.5) is 0 Å². The van der Waals surface area contributed by atoms with Gasteiger partial charge >= 0.3 is 8.80 Å². The van der Waals surface area contributed by atoms with Crippen LogP contribution in [0.25, 0.3) is 0 Å². The van der Waals surface area contributed by atoms with Gasteiger partial charge in [0.2, 0.25) is 0 Å². The Morgan fingerprint density at radius 1 is 0.517 bits per heavy atom. The summed E-state index contributed by atoms with van der Waals surface area (Å²) in [5, 5.41) is 0.357. The van der Waals surface area contributed by atoms with Gasteiger partial charge in [0, 0.05) is 38.0 Å². The van der Waals surface area contributed by atoms with E-state index in [0.29, 0.717) is 11.0 Å². The molecule has 2 atom stereocenters. The fourth-order valence-corrected chi connectivity index (χ4v) is 12.4. The molecular weight excluding hydrogens is 775 g/mol. The molecule has 2 unspecified atom stereocenters. The third-order valence-electron chi connectivity index (χ3n) is 13.1. The highest BCUT2D eigenvalue weighted by molar-refractivity contribution is 8.13. The zero-order chi connectivity index (χ0) is 43.1. The van der Waals surface area contributed by atoms with Gasteiger partial charge in [-0.05, 0) is 38.0 Å². The van der Waals surface area contributed by atoms with E-state index in [4.69, 9.17) is 13.4 Å². The molecule has 1 rings (SSSR count). The lowest BCUT2D eigenvalue weighted by Crippen LogP contribution is -2.52. The van der Waals surface area contributed by atoms with E-state index >= 15 is 0 Å². The number of carbonyl (C=O) groups is 1. The monoisotopic (exact) mass is 882 g/mol. The lowest BCUT2D eigenvalue weighted by Gasteiger charge is -2.33. The molecule has 1 aliphatic rings. The summed E-state index contributed by atoms with van der Waals surface area (Å²) in [6.07, 6.45) is 57.2. The average Bonchev–Trinajstić information content (AvgIpc) is 3.24. The van der Waals surface area contributed by atoms with Crippen LogP contribution < -0.4 is 5.48 Å². The number of carbonyl (C=O) groups excluding carboxylic acids is 1. The second kappa shape index (κ2) is 47.1. The van der Waals surface area contributed by atoms with Crippen LogP contribution in [-0.4, -0.2) is 39.4 Å². The van der Waals surface area contributed by atoms with Crippen LogP contribution in [0.1, 0.15) is 297 Å². The van der Waals surface area contributed by atoms with Crippen molar-refractivity contribution in [3.05, 3.63) is 0 Å². The van der Waals surface area contributed by atoms with Gasteiger partial charge in [0.25, 0.3) is 0 Å². The molecule has 358 valence electrons. The average molecular weight is 883 g/mol. The molecule has 1 N–H and O–H groups in total. The van der Waals surface area contributed by atoms with E-state index in [1.807, 2.05) is 0 Å². The first-order chi connectivity index (χ1) is 29.7. The Hall–Kier alpha value is 0.0769. The largest absolute Gasteiger partial charge is 0.517 e. The van der Waals surface area contributed by atoms with Crippen LogP contribution in [0.3, 0.4) is 0 Å². The Morgan fingerprint density at radius 3 is 1.33 bits per heavy atom. The molecule has 0 aromatic heterocycles. The highest BCUT2D eigenvalue weighted by atomic mass is 32.2. The van der Waals surface area contributed by atoms with E-state index in [1.165, 1.54) is 256 Å². The Kier molecular flexibility index (Phi) is 45.6. The van der Waals surface area contributed by atoms with Crippen LogP contribution in [0.5, 0.6) is 0 Å². The van der Waals surface area contributed by atoms with Crippen molar-refractivity contribution in [3.8, 4) is 0 Å². The van der Waals surface area contributed by atoms with Gasteiger partial charge in [-0.15, -0.1) is 0 Å². The third-order valence-corrected chi connectivity index (χ3v) is 16.8. The molecule has 1 heterocycles. The first kappa shape index (κ1) is 58.1. The molecule has 7 heteroatoms. The smallest absolute Gasteiger partial charge is 0.373 e. The SMILES string of the molecule is CCCCCCCCCCCCCCCCCCO[Si]1(CCCSC(=O)CCCCCCCCCCCCCCC)OCCC(CCCCCCCCCCCC)CNO1. The van der Waals surface area contributed by atoms with Crippen LogP contribution in [0, 0.1) is 5.92 Å². The Bertz CT molecular complexity index is 855. The van der Waals surface area contributed by atoms with Crippen molar-refractivity contribution >= 4 is 25.7 Å². The normalized spacial score (nSPS) is 17.3. The van der Waals surface area contributed by atoms with Crippen molar-refractivity contribution in [2.45, 2.75) is 303 Å². The zero-order valence-corrected chi connectivity index (χ0v) is 42.9. The van der Waals surface area contributed by atoms with Crippen molar-refractivity contribution in [2.24, 2.45) is 5.92 Å². The highest BCUT2D eigenvalue weighted by Crippen LogP contribution is 2.26. The molecule has 0 aliphatic carbocycles. The van der Waals surface area contributed by atoms with Gasteiger partial charge in [0.1, 0.15) is 0 Å². The van der Waals surface area contributed by atoms with E-state index in [1.54, 1.807) is 0 Å². The maximum atomic E-state index is 12.7. The molecule has 5 nitrogen and oxygen atoms in total. The van der Waals surface area contributed by atoms with Crippen molar-refractivity contribution in [3.63, 3.8) is 0 Å². The highest BCUT2D eigenvalue weighted by Gasteiger charge is 2.42. The standard InChI is InChI=1S/C53H107NO4SSi/c1-4-7-10-13-16-19-22-24-25-26-28-30-33-36-39-42-47-56-60(57-48-46-52(51-54-58-60)44-40-37-34-31-21-18-15-12-9-6-3)50-43-49-59-53(55)45-41-38-35-32-29-27-23-20-17-14-11-8-5-2/h52,54H,4-51H2,1-3H3. The van der Waals surface area contributed by atoms with Crippen molar-refractivity contribution < 1.29 is 18.2 Å². The maximum Gasteiger partial charge on any atom is 0.517 e. The third kappa shape index (κ3) is 39.7. The molecule has 0 spiro atoms.